The van der Waals surface area contributed by atoms with Crippen LogP contribution in [-0.4, -0.2) is 51.2 Å². The minimum Gasteiger partial charge on any atom is -0.460 e. The summed E-state index contributed by atoms with van der Waals surface area (Å²) in [6.07, 6.45) is 5.23. The van der Waals surface area contributed by atoms with Crippen molar-refractivity contribution < 1.29 is 4.74 Å². The molecule has 18 heavy (non-hydrogen) atoms. The molecule has 92 valence electrons. The fourth-order valence-electron chi connectivity index (χ4n) is 1.61. The molecule has 0 aromatic carbocycles. The quantitative estimate of drug-likeness (QED) is 0.727. The predicted octanol–water partition coefficient (Wildman–Crippen LogP) is 0.421. The second-order valence-corrected chi connectivity index (χ2v) is 3.90. The van der Waals surface area contributed by atoms with Gasteiger partial charge in [0.1, 0.15) is 12.3 Å². The second kappa shape index (κ2) is 4.44. The Morgan fingerprint density at radius 3 is 3.11 bits per heavy atom. The molecule has 0 N–H and O–H groups in total. The van der Waals surface area contributed by atoms with Gasteiger partial charge in [0, 0.05) is 25.0 Å². The molecule has 0 atom stereocenters. The lowest BCUT2D eigenvalue weighted by molar-refractivity contribution is 0.179. The monoisotopic (exact) mass is 244 g/mol. The molecule has 2 aromatic rings. The molecule has 1 aliphatic rings. The normalized spacial score (nSPS) is 15.2. The average Bonchev–Trinajstić information content (AvgIpc) is 2.89. The van der Waals surface area contributed by atoms with Gasteiger partial charge in [-0.1, -0.05) is 5.21 Å². The lowest BCUT2D eigenvalue weighted by Gasteiger charge is -2.20. The van der Waals surface area contributed by atoms with Crippen LogP contribution in [0.4, 0.5) is 0 Å². The fourth-order valence-corrected chi connectivity index (χ4v) is 1.61. The number of hydrogen-bond acceptors (Lipinski definition) is 6. The second-order valence-electron chi connectivity index (χ2n) is 3.90. The van der Waals surface area contributed by atoms with Crippen molar-refractivity contribution in [1.29, 1.82) is 0 Å². The van der Waals surface area contributed by atoms with E-state index in [-0.39, 0.29) is 0 Å². The van der Waals surface area contributed by atoms with Gasteiger partial charge in [-0.2, -0.15) is 4.68 Å². The molecule has 0 saturated carbocycles. The van der Waals surface area contributed by atoms with Crippen LogP contribution in [0.3, 0.4) is 0 Å². The summed E-state index contributed by atoms with van der Waals surface area (Å²) in [5.74, 6) is 0. The molecule has 0 saturated heterocycles. The molecule has 7 heteroatoms. The molecule has 1 aliphatic heterocycles. The van der Waals surface area contributed by atoms with E-state index in [4.69, 9.17) is 4.74 Å². The minimum atomic E-state index is 0.436. The number of nitrogens with zero attached hydrogens (tertiary/aromatic N) is 6. The van der Waals surface area contributed by atoms with Crippen LogP contribution in [0.2, 0.25) is 0 Å². The van der Waals surface area contributed by atoms with Crippen molar-refractivity contribution in [2.75, 3.05) is 20.2 Å². The number of ether oxygens (including phenoxy) is 1. The maximum atomic E-state index is 5.44. The molecule has 0 bridgehead atoms. The maximum absolute atomic E-state index is 5.44. The summed E-state index contributed by atoms with van der Waals surface area (Å²) in [7, 11) is 1.89. The summed E-state index contributed by atoms with van der Waals surface area (Å²) in [5.41, 5.74) is 1.65. The van der Waals surface area contributed by atoms with E-state index in [2.05, 4.69) is 20.4 Å². The van der Waals surface area contributed by atoms with Gasteiger partial charge < -0.3 is 4.74 Å². The van der Waals surface area contributed by atoms with Gasteiger partial charge in [0.2, 0.25) is 0 Å². The highest BCUT2D eigenvalue weighted by Gasteiger charge is 2.14. The summed E-state index contributed by atoms with van der Waals surface area (Å²) in [6.45, 7) is 1.37. The van der Waals surface area contributed by atoms with E-state index in [1.807, 2.05) is 24.2 Å². The van der Waals surface area contributed by atoms with Crippen LogP contribution >= 0.6 is 0 Å². The number of aromatic nitrogens is 4. The zero-order valence-corrected chi connectivity index (χ0v) is 9.89. The highest BCUT2D eigenvalue weighted by molar-refractivity contribution is 5.76. The zero-order valence-electron chi connectivity index (χ0n) is 9.89. The molecule has 3 rings (SSSR count). The lowest BCUT2D eigenvalue weighted by atomic mass is 10.2. The molecule has 3 heterocycles. The van der Waals surface area contributed by atoms with Crippen LogP contribution in [0.25, 0.3) is 11.3 Å². The molecule has 0 amide bonds. The Morgan fingerprint density at radius 1 is 1.39 bits per heavy atom. The smallest absolute Gasteiger partial charge is 0.336 e. The van der Waals surface area contributed by atoms with E-state index in [9.17, 15) is 0 Å². The first kappa shape index (κ1) is 10.7. The molecule has 7 nitrogen and oxygen atoms in total. The van der Waals surface area contributed by atoms with E-state index in [0.717, 1.165) is 17.8 Å². The van der Waals surface area contributed by atoms with Crippen molar-refractivity contribution in [1.82, 2.24) is 25.0 Å². The van der Waals surface area contributed by atoms with Gasteiger partial charge in [0.05, 0.1) is 12.7 Å². The van der Waals surface area contributed by atoms with E-state index in [1.54, 1.807) is 18.6 Å². The van der Waals surface area contributed by atoms with Gasteiger partial charge >= 0.3 is 6.02 Å². The first-order chi connectivity index (χ1) is 8.83. The van der Waals surface area contributed by atoms with Crippen molar-refractivity contribution in [3.8, 4) is 11.3 Å². The van der Waals surface area contributed by atoms with Crippen LogP contribution in [0.1, 0.15) is 0 Å². The van der Waals surface area contributed by atoms with Crippen molar-refractivity contribution in [2.45, 2.75) is 0 Å². The Labute approximate surface area is 104 Å². The van der Waals surface area contributed by atoms with Crippen LogP contribution in [0.15, 0.2) is 35.8 Å². The van der Waals surface area contributed by atoms with E-state index in [0.29, 0.717) is 12.6 Å². The lowest BCUT2D eigenvalue weighted by Crippen LogP contribution is -2.31. The molecule has 0 aliphatic carbocycles. The van der Waals surface area contributed by atoms with Crippen LogP contribution in [0.5, 0.6) is 0 Å². The number of hydrogen-bond donors (Lipinski definition) is 0. The SMILES string of the molecule is CN1CCOC(n2cc(-c3cccnc3)nn2)=N1. The molecular weight excluding hydrogens is 232 g/mol. The van der Waals surface area contributed by atoms with Crippen molar-refractivity contribution >= 4 is 6.02 Å². The van der Waals surface area contributed by atoms with E-state index in [1.165, 1.54) is 4.68 Å². The van der Waals surface area contributed by atoms with Gasteiger partial charge in [-0.25, -0.2) is 0 Å². The van der Waals surface area contributed by atoms with Crippen molar-refractivity contribution in [3.05, 3.63) is 30.7 Å². The van der Waals surface area contributed by atoms with Gasteiger partial charge in [-0.05, 0) is 12.1 Å². The third-order valence-electron chi connectivity index (χ3n) is 2.55. The Bertz CT molecular complexity index is 564. The number of pyridine rings is 1. The fraction of sp³-hybridized carbons (Fsp3) is 0.273. The molecule has 0 radical (unpaired) electrons. The average molecular weight is 244 g/mol. The van der Waals surface area contributed by atoms with Crippen LogP contribution in [-0.2, 0) is 4.74 Å². The first-order valence-electron chi connectivity index (χ1n) is 5.58. The highest BCUT2D eigenvalue weighted by atomic mass is 16.5. The summed E-state index contributed by atoms with van der Waals surface area (Å²) in [4.78, 5) is 4.05. The summed E-state index contributed by atoms with van der Waals surface area (Å²) < 4.78 is 6.96. The highest BCUT2D eigenvalue weighted by Crippen LogP contribution is 2.14. The Hall–Kier alpha value is -2.44. The number of likely N-dealkylation sites (N-methyl/N-ethyl adjacent to an activating group) is 1. The topological polar surface area (TPSA) is 68.4 Å². The molecule has 0 unspecified atom stereocenters. The Morgan fingerprint density at radius 2 is 2.33 bits per heavy atom. The summed E-state index contributed by atoms with van der Waals surface area (Å²) in [5, 5.41) is 14.1. The predicted molar refractivity (Wildman–Crippen MR) is 64.7 cm³/mol. The molecular formula is C11H12N6O. The molecule has 0 fully saturated rings. The molecule has 2 aromatic heterocycles. The largest absolute Gasteiger partial charge is 0.460 e. The summed E-state index contributed by atoms with van der Waals surface area (Å²) >= 11 is 0. The van der Waals surface area contributed by atoms with Crippen molar-refractivity contribution in [3.63, 3.8) is 0 Å². The Balaban J connectivity index is 1.90. The van der Waals surface area contributed by atoms with Crippen LogP contribution in [0, 0.1) is 0 Å². The third kappa shape index (κ3) is 2.02. The van der Waals surface area contributed by atoms with E-state index < -0.39 is 0 Å². The Kier molecular flexibility index (Phi) is 2.64. The minimum absolute atomic E-state index is 0.436. The number of hydrazone groups is 1. The van der Waals surface area contributed by atoms with Crippen molar-refractivity contribution in [2.24, 2.45) is 5.10 Å². The zero-order chi connectivity index (χ0) is 12.4. The van der Waals surface area contributed by atoms with Gasteiger partial charge in [-0.15, -0.1) is 10.2 Å². The van der Waals surface area contributed by atoms with Gasteiger partial charge in [0.25, 0.3) is 0 Å². The standard InChI is InChI=1S/C11H12N6O/c1-16-5-6-18-11(14-16)17-8-10(13-15-17)9-3-2-4-12-7-9/h2-4,7-8H,5-6H2,1H3. The number of rotatable bonds is 1. The van der Waals surface area contributed by atoms with Gasteiger partial charge in [-0.3, -0.25) is 9.99 Å². The summed E-state index contributed by atoms with van der Waals surface area (Å²) in [6, 6.07) is 4.22. The molecule has 0 spiro atoms. The van der Waals surface area contributed by atoms with Gasteiger partial charge in [0.15, 0.2) is 0 Å². The van der Waals surface area contributed by atoms with E-state index >= 15 is 0 Å². The van der Waals surface area contributed by atoms with Crippen LogP contribution < -0.4 is 0 Å². The third-order valence-corrected chi connectivity index (χ3v) is 2.55. The maximum Gasteiger partial charge on any atom is 0.336 e. The first-order valence-corrected chi connectivity index (χ1v) is 5.58.